The van der Waals surface area contributed by atoms with Crippen LogP contribution in [-0.4, -0.2) is 64.5 Å². The lowest BCUT2D eigenvalue weighted by atomic mass is 9.99. The lowest BCUT2D eigenvalue weighted by molar-refractivity contribution is -0.126. The fourth-order valence-electron chi connectivity index (χ4n) is 3.17. The lowest BCUT2D eigenvalue weighted by Crippen LogP contribution is -2.45. The Morgan fingerprint density at radius 1 is 1.44 bits per heavy atom. The van der Waals surface area contributed by atoms with Crippen LogP contribution in [0.25, 0.3) is 0 Å². The van der Waals surface area contributed by atoms with Gasteiger partial charge in [-0.05, 0) is 31.0 Å². The van der Waals surface area contributed by atoms with Gasteiger partial charge in [0.15, 0.2) is 6.61 Å². The second kappa shape index (κ2) is 8.24. The Morgan fingerprint density at radius 2 is 2.26 bits per heavy atom. The van der Waals surface area contributed by atoms with Crippen molar-refractivity contribution in [1.82, 2.24) is 9.62 Å². The quantitative estimate of drug-likeness (QED) is 0.662. The highest BCUT2D eigenvalue weighted by Crippen LogP contribution is 2.32. The molecule has 10 heteroatoms. The normalized spacial score (nSPS) is 20.3. The molecule has 0 saturated carbocycles. The number of nitrogens with zero attached hydrogens (tertiary/aromatic N) is 1. The molecule has 0 spiro atoms. The molecule has 148 valence electrons. The van der Waals surface area contributed by atoms with Crippen LogP contribution in [0.4, 0.5) is 5.69 Å². The number of methoxy groups -OCH3 is 1. The van der Waals surface area contributed by atoms with Crippen molar-refractivity contribution in [3.8, 4) is 5.75 Å². The largest absolute Gasteiger partial charge is 0.482 e. The zero-order chi connectivity index (χ0) is 19.4. The minimum absolute atomic E-state index is 0.0625. The smallest absolute Gasteiger partial charge is 0.262 e. The summed E-state index contributed by atoms with van der Waals surface area (Å²) in [6, 6.07) is 4.37. The van der Waals surface area contributed by atoms with Crippen LogP contribution < -0.4 is 15.4 Å². The van der Waals surface area contributed by atoms with Crippen LogP contribution in [0.15, 0.2) is 23.1 Å². The summed E-state index contributed by atoms with van der Waals surface area (Å²) in [5, 5.41) is 5.37. The van der Waals surface area contributed by atoms with Crippen LogP contribution in [0.1, 0.15) is 12.8 Å². The molecule has 0 aromatic heterocycles. The molecule has 0 bridgehead atoms. The van der Waals surface area contributed by atoms with Crippen LogP contribution in [0.5, 0.6) is 5.75 Å². The SMILES string of the molecule is COCCNC(=O)C1CCCN(S(=O)(=O)c2ccc3c(c2)NC(=O)CO3)C1. The second-order valence-corrected chi connectivity index (χ2v) is 8.42. The summed E-state index contributed by atoms with van der Waals surface area (Å²) >= 11 is 0. The van der Waals surface area contributed by atoms with E-state index in [0.29, 0.717) is 44.0 Å². The maximum atomic E-state index is 13.0. The number of carbonyl (C=O) groups is 2. The minimum Gasteiger partial charge on any atom is -0.482 e. The third kappa shape index (κ3) is 4.40. The van der Waals surface area contributed by atoms with Crippen LogP contribution >= 0.6 is 0 Å². The molecule has 3 rings (SSSR count). The van der Waals surface area contributed by atoms with Crippen molar-refractivity contribution in [2.75, 3.05) is 45.3 Å². The molecule has 1 unspecified atom stereocenters. The van der Waals surface area contributed by atoms with Crippen molar-refractivity contribution in [3.05, 3.63) is 18.2 Å². The first-order valence-electron chi connectivity index (χ1n) is 8.75. The molecule has 2 aliphatic heterocycles. The Morgan fingerprint density at radius 3 is 3.04 bits per heavy atom. The molecular weight excluding hydrogens is 374 g/mol. The van der Waals surface area contributed by atoms with E-state index in [1.54, 1.807) is 7.11 Å². The molecule has 0 aliphatic carbocycles. The number of amides is 2. The van der Waals surface area contributed by atoms with Crippen molar-refractivity contribution >= 4 is 27.5 Å². The van der Waals surface area contributed by atoms with Gasteiger partial charge in [-0.2, -0.15) is 4.31 Å². The summed E-state index contributed by atoms with van der Waals surface area (Å²) in [6.45, 7) is 1.18. The zero-order valence-corrected chi connectivity index (χ0v) is 15.9. The third-order valence-corrected chi connectivity index (χ3v) is 6.44. The minimum atomic E-state index is -3.78. The number of sulfonamides is 1. The molecule has 2 heterocycles. The lowest BCUT2D eigenvalue weighted by Gasteiger charge is -2.31. The number of rotatable bonds is 6. The maximum Gasteiger partial charge on any atom is 0.262 e. The molecular formula is C17H23N3O6S. The summed E-state index contributed by atoms with van der Waals surface area (Å²) in [4.78, 5) is 23.8. The molecule has 1 aromatic carbocycles. The van der Waals surface area contributed by atoms with Gasteiger partial charge in [0.1, 0.15) is 5.75 Å². The average molecular weight is 397 g/mol. The fraction of sp³-hybridized carbons (Fsp3) is 0.529. The van der Waals surface area contributed by atoms with Crippen molar-refractivity contribution in [2.45, 2.75) is 17.7 Å². The number of carbonyl (C=O) groups excluding carboxylic acids is 2. The molecule has 2 aliphatic rings. The van der Waals surface area contributed by atoms with Gasteiger partial charge in [-0.25, -0.2) is 8.42 Å². The molecule has 1 fully saturated rings. The van der Waals surface area contributed by atoms with E-state index in [1.165, 1.54) is 22.5 Å². The van der Waals surface area contributed by atoms with Crippen LogP contribution in [0.2, 0.25) is 0 Å². The Hall–Kier alpha value is -2.17. The highest BCUT2D eigenvalue weighted by Gasteiger charge is 2.34. The standard InChI is InChI=1S/C17H23N3O6S/c1-25-8-6-18-17(22)12-3-2-7-20(10-12)27(23,24)13-4-5-15-14(9-13)19-16(21)11-26-15/h4-5,9,12H,2-3,6-8,10-11H2,1H3,(H,18,22)(H,19,21). The summed E-state index contributed by atoms with van der Waals surface area (Å²) < 4.78 is 37.5. The van der Waals surface area contributed by atoms with Gasteiger partial charge >= 0.3 is 0 Å². The number of fused-ring (bicyclic) bond motifs is 1. The Kier molecular flexibility index (Phi) is 5.98. The number of anilines is 1. The first kappa shape index (κ1) is 19.6. The molecule has 9 nitrogen and oxygen atoms in total. The molecule has 2 N–H and O–H groups in total. The molecule has 27 heavy (non-hydrogen) atoms. The summed E-state index contributed by atoms with van der Waals surface area (Å²) in [5.74, 6) is -0.463. The monoisotopic (exact) mass is 397 g/mol. The number of nitrogens with one attached hydrogen (secondary N) is 2. The van der Waals surface area contributed by atoms with Gasteiger partial charge in [-0.15, -0.1) is 0 Å². The first-order chi connectivity index (χ1) is 12.9. The van der Waals surface area contributed by atoms with Gasteiger partial charge < -0.3 is 20.1 Å². The van der Waals surface area contributed by atoms with E-state index in [-0.39, 0.29) is 29.9 Å². The van der Waals surface area contributed by atoms with E-state index in [4.69, 9.17) is 9.47 Å². The molecule has 1 saturated heterocycles. The Bertz CT molecular complexity index is 826. The van der Waals surface area contributed by atoms with Gasteiger partial charge in [-0.3, -0.25) is 9.59 Å². The zero-order valence-electron chi connectivity index (χ0n) is 15.1. The maximum absolute atomic E-state index is 13.0. The van der Waals surface area contributed by atoms with Gasteiger partial charge in [0.25, 0.3) is 5.91 Å². The van der Waals surface area contributed by atoms with E-state index in [9.17, 15) is 18.0 Å². The number of hydrogen-bond acceptors (Lipinski definition) is 6. The van der Waals surface area contributed by atoms with Gasteiger partial charge in [0.2, 0.25) is 15.9 Å². The average Bonchev–Trinajstić information content (AvgIpc) is 2.67. The molecule has 1 atom stereocenters. The fourth-order valence-corrected chi connectivity index (χ4v) is 4.72. The van der Waals surface area contributed by atoms with Gasteiger partial charge in [0.05, 0.1) is 23.1 Å². The number of ether oxygens (including phenoxy) is 2. The topological polar surface area (TPSA) is 114 Å². The second-order valence-electron chi connectivity index (χ2n) is 6.48. The van der Waals surface area contributed by atoms with Gasteiger partial charge in [-0.1, -0.05) is 0 Å². The van der Waals surface area contributed by atoms with Crippen LogP contribution in [0, 0.1) is 5.92 Å². The Balaban J connectivity index is 1.73. The van der Waals surface area contributed by atoms with Crippen molar-refractivity contribution in [3.63, 3.8) is 0 Å². The molecule has 1 aromatic rings. The van der Waals surface area contributed by atoms with E-state index in [1.807, 2.05) is 0 Å². The number of piperidine rings is 1. The highest BCUT2D eigenvalue weighted by atomic mass is 32.2. The van der Waals surface area contributed by atoms with Crippen molar-refractivity contribution < 1.29 is 27.5 Å². The van der Waals surface area contributed by atoms with E-state index < -0.39 is 15.9 Å². The first-order valence-corrected chi connectivity index (χ1v) is 10.2. The van der Waals surface area contributed by atoms with Crippen LogP contribution in [-0.2, 0) is 24.3 Å². The Labute approximate surface area is 158 Å². The summed E-state index contributed by atoms with van der Waals surface area (Å²) in [7, 11) is -2.23. The van der Waals surface area contributed by atoms with Crippen LogP contribution in [0.3, 0.4) is 0 Å². The van der Waals surface area contributed by atoms with E-state index in [0.717, 1.165) is 0 Å². The summed E-state index contributed by atoms with van der Waals surface area (Å²) in [5.41, 5.74) is 0.332. The van der Waals surface area contributed by atoms with Crippen molar-refractivity contribution in [2.24, 2.45) is 5.92 Å². The predicted molar refractivity (Wildman–Crippen MR) is 96.9 cm³/mol. The van der Waals surface area contributed by atoms with Crippen molar-refractivity contribution in [1.29, 1.82) is 0 Å². The van der Waals surface area contributed by atoms with Gasteiger partial charge in [0, 0.05) is 26.7 Å². The molecule has 0 radical (unpaired) electrons. The molecule has 2 amide bonds. The summed E-state index contributed by atoms with van der Waals surface area (Å²) in [6.07, 6.45) is 1.24. The number of hydrogen-bond donors (Lipinski definition) is 2. The highest BCUT2D eigenvalue weighted by molar-refractivity contribution is 7.89. The number of benzene rings is 1. The van der Waals surface area contributed by atoms with E-state index in [2.05, 4.69) is 10.6 Å². The predicted octanol–water partition coefficient (Wildman–Crippen LogP) is 0.181. The van der Waals surface area contributed by atoms with E-state index >= 15 is 0 Å². The third-order valence-electron chi connectivity index (χ3n) is 4.58.